The van der Waals surface area contributed by atoms with E-state index < -0.39 is 0 Å². The summed E-state index contributed by atoms with van der Waals surface area (Å²) < 4.78 is 5.97. The minimum atomic E-state index is -0.142. The van der Waals surface area contributed by atoms with Gasteiger partial charge in [-0.1, -0.05) is 60.1 Å². The van der Waals surface area contributed by atoms with E-state index in [-0.39, 0.29) is 5.91 Å². The molecule has 1 aliphatic heterocycles. The highest BCUT2D eigenvalue weighted by molar-refractivity contribution is 8.19. The Balaban J connectivity index is 1.50. The standard InChI is InChI=1S/C26H17ClN2O2S/c27-19-9-7-8-18(16-19)23-15-14-22(31-23)17-24-25(30)29(21-12-5-2-6-13-21)26(32-24)28-20-10-3-1-4-11-20/h1-17H/b24-17+,28-26?. The number of aliphatic imine (C=N–C) groups is 1. The van der Waals surface area contributed by atoms with Gasteiger partial charge >= 0.3 is 0 Å². The van der Waals surface area contributed by atoms with Crippen molar-refractivity contribution in [3.8, 4) is 11.3 Å². The molecule has 0 saturated carbocycles. The first-order valence-corrected chi connectivity index (χ1v) is 11.2. The summed E-state index contributed by atoms with van der Waals surface area (Å²) in [6, 6.07) is 30.3. The number of benzene rings is 3. The van der Waals surface area contributed by atoms with Crippen LogP contribution in [0.4, 0.5) is 11.4 Å². The van der Waals surface area contributed by atoms with Gasteiger partial charge in [-0.05, 0) is 60.3 Å². The van der Waals surface area contributed by atoms with Crippen molar-refractivity contribution in [3.05, 3.63) is 113 Å². The van der Waals surface area contributed by atoms with Gasteiger partial charge in [-0.2, -0.15) is 0 Å². The highest BCUT2D eigenvalue weighted by Gasteiger charge is 2.35. The third-order valence-corrected chi connectivity index (χ3v) is 6.01. The Labute approximate surface area is 194 Å². The van der Waals surface area contributed by atoms with Crippen LogP contribution >= 0.6 is 23.4 Å². The topological polar surface area (TPSA) is 45.8 Å². The molecule has 1 saturated heterocycles. The maximum Gasteiger partial charge on any atom is 0.271 e. The summed E-state index contributed by atoms with van der Waals surface area (Å²) in [7, 11) is 0. The average Bonchev–Trinajstić information content (AvgIpc) is 3.40. The van der Waals surface area contributed by atoms with Gasteiger partial charge in [0.2, 0.25) is 0 Å². The molecule has 156 valence electrons. The number of carbonyl (C=O) groups is 1. The molecule has 1 amide bonds. The van der Waals surface area contributed by atoms with Crippen LogP contribution in [-0.2, 0) is 4.79 Å². The number of anilines is 1. The van der Waals surface area contributed by atoms with Gasteiger partial charge in [0.05, 0.1) is 16.3 Å². The number of nitrogens with zero attached hydrogens (tertiary/aromatic N) is 2. The maximum atomic E-state index is 13.3. The number of halogens is 1. The van der Waals surface area contributed by atoms with Gasteiger partial charge in [-0.15, -0.1) is 0 Å². The van der Waals surface area contributed by atoms with Crippen LogP contribution in [0, 0.1) is 0 Å². The number of para-hydroxylation sites is 2. The second kappa shape index (κ2) is 8.91. The summed E-state index contributed by atoms with van der Waals surface area (Å²) >= 11 is 7.42. The van der Waals surface area contributed by atoms with E-state index >= 15 is 0 Å². The van der Waals surface area contributed by atoms with Crippen LogP contribution in [0.2, 0.25) is 5.02 Å². The Morgan fingerprint density at radius 3 is 2.38 bits per heavy atom. The van der Waals surface area contributed by atoms with E-state index in [9.17, 15) is 4.79 Å². The van der Waals surface area contributed by atoms with Crippen molar-refractivity contribution in [3.63, 3.8) is 0 Å². The quantitative estimate of drug-likeness (QED) is 0.300. The highest BCUT2D eigenvalue weighted by atomic mass is 35.5. The first-order chi connectivity index (χ1) is 15.7. The molecule has 0 aliphatic carbocycles. The molecule has 5 rings (SSSR count). The van der Waals surface area contributed by atoms with Crippen molar-refractivity contribution in [2.24, 2.45) is 4.99 Å². The lowest BCUT2D eigenvalue weighted by molar-refractivity contribution is -0.113. The van der Waals surface area contributed by atoms with Gasteiger partial charge in [0.1, 0.15) is 11.5 Å². The number of amidine groups is 1. The van der Waals surface area contributed by atoms with E-state index in [4.69, 9.17) is 21.0 Å². The lowest BCUT2D eigenvalue weighted by atomic mass is 10.2. The molecule has 3 aromatic carbocycles. The zero-order valence-corrected chi connectivity index (χ0v) is 18.4. The van der Waals surface area contributed by atoms with Crippen LogP contribution in [-0.4, -0.2) is 11.1 Å². The number of hydrogen-bond donors (Lipinski definition) is 0. The van der Waals surface area contributed by atoms with Crippen LogP contribution < -0.4 is 4.90 Å². The molecule has 0 bridgehead atoms. The largest absolute Gasteiger partial charge is 0.457 e. The molecule has 0 radical (unpaired) electrons. The average molecular weight is 457 g/mol. The van der Waals surface area contributed by atoms with Crippen LogP contribution in [0.25, 0.3) is 17.4 Å². The second-order valence-corrected chi connectivity index (χ2v) is 8.47. The zero-order chi connectivity index (χ0) is 21.9. The summed E-state index contributed by atoms with van der Waals surface area (Å²) in [5.41, 5.74) is 2.43. The fraction of sp³-hybridized carbons (Fsp3) is 0. The summed E-state index contributed by atoms with van der Waals surface area (Å²) in [5.74, 6) is 1.13. The minimum Gasteiger partial charge on any atom is -0.457 e. The highest BCUT2D eigenvalue weighted by Crippen LogP contribution is 2.37. The van der Waals surface area contributed by atoms with Crippen molar-refractivity contribution in [2.75, 3.05) is 4.90 Å². The van der Waals surface area contributed by atoms with Crippen LogP contribution in [0.15, 0.2) is 111 Å². The molecule has 32 heavy (non-hydrogen) atoms. The summed E-state index contributed by atoms with van der Waals surface area (Å²) in [5, 5.41) is 1.24. The zero-order valence-electron chi connectivity index (χ0n) is 16.8. The van der Waals surface area contributed by atoms with Gasteiger partial charge in [0.25, 0.3) is 5.91 Å². The van der Waals surface area contributed by atoms with Crippen LogP contribution in [0.3, 0.4) is 0 Å². The molecule has 4 aromatic rings. The van der Waals surface area contributed by atoms with Gasteiger partial charge in [0.15, 0.2) is 5.17 Å². The minimum absolute atomic E-state index is 0.142. The Kier molecular flexibility index (Phi) is 5.67. The van der Waals surface area contributed by atoms with Crippen molar-refractivity contribution in [1.82, 2.24) is 0 Å². The van der Waals surface area contributed by atoms with E-state index in [1.807, 2.05) is 97.1 Å². The molecule has 0 unspecified atom stereocenters. The molecule has 1 aromatic heterocycles. The lowest BCUT2D eigenvalue weighted by Crippen LogP contribution is -2.28. The first kappa shape index (κ1) is 20.4. The fourth-order valence-electron chi connectivity index (χ4n) is 3.32. The monoisotopic (exact) mass is 456 g/mol. The number of carbonyl (C=O) groups excluding carboxylic acids is 1. The van der Waals surface area contributed by atoms with Crippen molar-refractivity contribution in [1.29, 1.82) is 0 Å². The number of amides is 1. The first-order valence-electron chi connectivity index (χ1n) is 9.96. The van der Waals surface area contributed by atoms with E-state index in [1.54, 1.807) is 11.0 Å². The van der Waals surface area contributed by atoms with E-state index in [1.165, 1.54) is 11.8 Å². The smallest absolute Gasteiger partial charge is 0.271 e. The third kappa shape index (κ3) is 4.26. The lowest BCUT2D eigenvalue weighted by Gasteiger charge is -2.15. The Hall–Kier alpha value is -3.54. The second-order valence-electron chi connectivity index (χ2n) is 7.03. The normalized spacial score (nSPS) is 16.3. The maximum absolute atomic E-state index is 13.3. The molecular weight excluding hydrogens is 440 g/mol. The van der Waals surface area contributed by atoms with Crippen molar-refractivity contribution in [2.45, 2.75) is 0 Å². The summed E-state index contributed by atoms with van der Waals surface area (Å²) in [6.07, 6.45) is 1.75. The Bertz CT molecular complexity index is 1330. The number of rotatable bonds is 4. The Morgan fingerprint density at radius 2 is 1.62 bits per heavy atom. The van der Waals surface area contributed by atoms with Crippen molar-refractivity contribution >= 4 is 51.9 Å². The third-order valence-electron chi connectivity index (χ3n) is 4.81. The van der Waals surface area contributed by atoms with Gasteiger partial charge < -0.3 is 4.42 Å². The van der Waals surface area contributed by atoms with Gasteiger partial charge in [-0.3, -0.25) is 9.69 Å². The molecule has 0 atom stereocenters. The van der Waals surface area contributed by atoms with Gasteiger partial charge in [-0.25, -0.2) is 4.99 Å². The SMILES string of the molecule is O=C1/C(=C\c2ccc(-c3cccc(Cl)c3)o2)SC(=Nc2ccccc2)N1c1ccccc1. The number of hydrogen-bond acceptors (Lipinski definition) is 4. The number of furan rings is 1. The van der Waals surface area contributed by atoms with Crippen LogP contribution in [0.1, 0.15) is 5.76 Å². The van der Waals surface area contributed by atoms with Crippen LogP contribution in [0.5, 0.6) is 0 Å². The fourth-order valence-corrected chi connectivity index (χ4v) is 4.49. The molecule has 6 heteroatoms. The number of thioether (sulfide) groups is 1. The van der Waals surface area contributed by atoms with E-state index in [2.05, 4.69) is 0 Å². The van der Waals surface area contributed by atoms with E-state index in [0.29, 0.717) is 26.6 Å². The molecule has 1 fully saturated rings. The van der Waals surface area contributed by atoms with Gasteiger partial charge in [0, 0.05) is 16.7 Å². The van der Waals surface area contributed by atoms with E-state index in [0.717, 1.165) is 16.9 Å². The summed E-state index contributed by atoms with van der Waals surface area (Å²) in [4.78, 5) is 20.2. The predicted octanol–water partition coefficient (Wildman–Crippen LogP) is 7.41. The predicted molar refractivity (Wildman–Crippen MR) is 132 cm³/mol. The molecular formula is C26H17ClN2O2S. The molecule has 0 spiro atoms. The molecule has 4 nitrogen and oxygen atoms in total. The molecule has 1 aliphatic rings. The molecule has 0 N–H and O–H groups in total. The summed E-state index contributed by atoms with van der Waals surface area (Å²) in [6.45, 7) is 0. The Morgan fingerprint density at radius 1 is 0.875 bits per heavy atom. The molecule has 2 heterocycles. The van der Waals surface area contributed by atoms with Crippen molar-refractivity contribution < 1.29 is 9.21 Å².